The summed E-state index contributed by atoms with van der Waals surface area (Å²) in [6.07, 6.45) is 5.32. The molecule has 1 aromatic carbocycles. The number of aryl methyl sites for hydroxylation is 1. The van der Waals surface area contributed by atoms with Gasteiger partial charge in [-0.2, -0.15) is 0 Å². The number of hydrogen-bond acceptors (Lipinski definition) is 4. The SMILES string of the molecule is Cc1ccc(CCNC(=O)C2CCC(CCC(CN)C(C)NC=O)N2C=O)cc1. The first kappa shape index (κ1) is 22.9. The van der Waals surface area contributed by atoms with Crippen molar-refractivity contribution in [2.45, 2.75) is 64.1 Å². The van der Waals surface area contributed by atoms with Crippen LogP contribution in [0.1, 0.15) is 43.7 Å². The number of hydrogen-bond donors (Lipinski definition) is 3. The second-order valence-corrected chi connectivity index (χ2v) is 7.97. The highest BCUT2D eigenvalue weighted by molar-refractivity contribution is 5.84. The summed E-state index contributed by atoms with van der Waals surface area (Å²) in [5.41, 5.74) is 8.23. The summed E-state index contributed by atoms with van der Waals surface area (Å²) in [5, 5.41) is 5.73. The lowest BCUT2D eigenvalue weighted by molar-refractivity contribution is -0.132. The maximum Gasteiger partial charge on any atom is 0.242 e. The smallest absolute Gasteiger partial charge is 0.242 e. The number of nitrogens with two attached hydrogens (primary N) is 1. The van der Waals surface area contributed by atoms with Gasteiger partial charge in [0, 0.05) is 18.6 Å². The van der Waals surface area contributed by atoms with Crippen molar-refractivity contribution in [2.75, 3.05) is 13.1 Å². The summed E-state index contributed by atoms with van der Waals surface area (Å²) in [7, 11) is 0. The molecule has 1 fully saturated rings. The monoisotopic (exact) mass is 402 g/mol. The van der Waals surface area contributed by atoms with E-state index in [1.807, 2.05) is 13.8 Å². The lowest BCUT2D eigenvalue weighted by Gasteiger charge is -2.28. The summed E-state index contributed by atoms with van der Waals surface area (Å²) in [6.45, 7) is 5.01. The fourth-order valence-corrected chi connectivity index (χ4v) is 4.05. The third-order valence-electron chi connectivity index (χ3n) is 6.02. The normalized spacial score (nSPS) is 20.7. The minimum absolute atomic E-state index is 0.00977. The van der Waals surface area contributed by atoms with Crippen molar-refractivity contribution in [3.05, 3.63) is 35.4 Å². The van der Waals surface area contributed by atoms with Crippen LogP contribution in [0.3, 0.4) is 0 Å². The Morgan fingerprint density at radius 1 is 1.28 bits per heavy atom. The fraction of sp³-hybridized carbons (Fsp3) is 0.591. The lowest BCUT2D eigenvalue weighted by Crippen LogP contribution is -2.46. The topological polar surface area (TPSA) is 105 Å². The Labute approximate surface area is 173 Å². The van der Waals surface area contributed by atoms with E-state index in [0.717, 1.165) is 32.1 Å². The molecule has 4 unspecified atom stereocenters. The van der Waals surface area contributed by atoms with Gasteiger partial charge in [-0.05, 0) is 64.0 Å². The van der Waals surface area contributed by atoms with Crippen LogP contribution in [0.25, 0.3) is 0 Å². The molecule has 4 atom stereocenters. The maximum absolute atomic E-state index is 12.6. The summed E-state index contributed by atoms with van der Waals surface area (Å²) in [4.78, 5) is 36.6. The van der Waals surface area contributed by atoms with Crippen molar-refractivity contribution >= 4 is 18.7 Å². The summed E-state index contributed by atoms with van der Waals surface area (Å²) < 4.78 is 0. The number of carbonyl (C=O) groups excluding carboxylic acids is 3. The van der Waals surface area contributed by atoms with E-state index in [0.29, 0.717) is 25.9 Å². The molecule has 3 amide bonds. The molecule has 0 bridgehead atoms. The number of likely N-dealkylation sites (tertiary alicyclic amines) is 1. The molecule has 7 nitrogen and oxygen atoms in total. The number of carbonyl (C=O) groups is 3. The van der Waals surface area contributed by atoms with Crippen LogP contribution in [0, 0.1) is 12.8 Å². The zero-order valence-corrected chi connectivity index (χ0v) is 17.5. The summed E-state index contributed by atoms with van der Waals surface area (Å²) in [5.74, 6) is 0.0640. The Hall–Kier alpha value is -2.41. The fourth-order valence-electron chi connectivity index (χ4n) is 4.05. The average Bonchev–Trinajstić information content (AvgIpc) is 3.13. The van der Waals surface area contributed by atoms with Gasteiger partial charge in [0.15, 0.2) is 0 Å². The van der Waals surface area contributed by atoms with E-state index in [9.17, 15) is 14.4 Å². The molecule has 0 radical (unpaired) electrons. The first-order valence-electron chi connectivity index (χ1n) is 10.5. The zero-order valence-electron chi connectivity index (χ0n) is 17.5. The number of rotatable bonds is 12. The molecule has 1 aliphatic rings. The lowest BCUT2D eigenvalue weighted by atomic mass is 9.93. The van der Waals surface area contributed by atoms with Gasteiger partial charge in [-0.1, -0.05) is 29.8 Å². The molecule has 1 heterocycles. The highest BCUT2D eigenvalue weighted by Crippen LogP contribution is 2.27. The molecule has 160 valence electrons. The van der Waals surface area contributed by atoms with Gasteiger partial charge in [0.05, 0.1) is 0 Å². The second kappa shape index (κ2) is 11.6. The average molecular weight is 403 g/mol. The Kier molecular flexibility index (Phi) is 9.12. The van der Waals surface area contributed by atoms with Crippen molar-refractivity contribution < 1.29 is 14.4 Å². The van der Waals surface area contributed by atoms with Gasteiger partial charge in [-0.3, -0.25) is 14.4 Å². The van der Waals surface area contributed by atoms with Gasteiger partial charge in [0.1, 0.15) is 6.04 Å². The van der Waals surface area contributed by atoms with Crippen LogP contribution < -0.4 is 16.4 Å². The molecule has 0 spiro atoms. The molecular formula is C22H34N4O3. The van der Waals surface area contributed by atoms with Crippen LogP contribution in [0.5, 0.6) is 0 Å². The van der Waals surface area contributed by atoms with E-state index in [1.54, 1.807) is 4.90 Å². The Morgan fingerprint density at radius 2 is 2.00 bits per heavy atom. The molecule has 0 aromatic heterocycles. The van der Waals surface area contributed by atoms with Crippen LogP contribution in [0.15, 0.2) is 24.3 Å². The molecule has 1 aliphatic heterocycles. The molecule has 1 saturated heterocycles. The van der Waals surface area contributed by atoms with Gasteiger partial charge < -0.3 is 21.3 Å². The van der Waals surface area contributed by atoms with Crippen LogP contribution in [-0.2, 0) is 20.8 Å². The quantitative estimate of drug-likeness (QED) is 0.456. The Balaban J connectivity index is 1.82. The van der Waals surface area contributed by atoms with Gasteiger partial charge in [-0.25, -0.2) is 0 Å². The molecular weight excluding hydrogens is 368 g/mol. The molecule has 1 aromatic rings. The summed E-state index contributed by atoms with van der Waals surface area (Å²) in [6, 6.07) is 7.89. The third kappa shape index (κ3) is 6.56. The van der Waals surface area contributed by atoms with E-state index < -0.39 is 6.04 Å². The van der Waals surface area contributed by atoms with Gasteiger partial charge >= 0.3 is 0 Å². The van der Waals surface area contributed by atoms with Crippen molar-refractivity contribution in [2.24, 2.45) is 11.7 Å². The minimum atomic E-state index is -0.405. The van der Waals surface area contributed by atoms with Crippen molar-refractivity contribution in [3.63, 3.8) is 0 Å². The molecule has 0 aliphatic carbocycles. The largest absolute Gasteiger partial charge is 0.356 e. The predicted molar refractivity (Wildman–Crippen MR) is 113 cm³/mol. The third-order valence-corrected chi connectivity index (χ3v) is 6.02. The predicted octanol–water partition coefficient (Wildman–Crippen LogP) is 1.13. The first-order chi connectivity index (χ1) is 14.0. The van der Waals surface area contributed by atoms with Crippen LogP contribution in [0.4, 0.5) is 0 Å². The van der Waals surface area contributed by atoms with Crippen molar-refractivity contribution in [1.29, 1.82) is 0 Å². The van der Waals surface area contributed by atoms with Crippen molar-refractivity contribution in [1.82, 2.24) is 15.5 Å². The number of nitrogens with one attached hydrogen (secondary N) is 2. The van der Waals surface area contributed by atoms with Gasteiger partial charge in [0.2, 0.25) is 18.7 Å². The van der Waals surface area contributed by atoms with Crippen LogP contribution in [0.2, 0.25) is 0 Å². The Morgan fingerprint density at radius 3 is 2.62 bits per heavy atom. The molecule has 0 saturated carbocycles. The van der Waals surface area contributed by atoms with Crippen LogP contribution in [-0.4, -0.2) is 54.8 Å². The van der Waals surface area contributed by atoms with Gasteiger partial charge in [-0.15, -0.1) is 0 Å². The standard InChI is InChI=1S/C22H34N4O3/c1-16-3-5-18(6-4-16)11-12-24-22(29)21-10-9-20(26(21)15-28)8-7-19(13-23)17(2)25-14-27/h3-6,14-15,17,19-21H,7-13,23H2,1-2H3,(H,24,29)(H,25,27). The van der Waals surface area contributed by atoms with E-state index in [2.05, 4.69) is 34.9 Å². The van der Waals surface area contributed by atoms with E-state index in [4.69, 9.17) is 5.73 Å². The highest BCUT2D eigenvalue weighted by Gasteiger charge is 2.36. The first-order valence-corrected chi connectivity index (χ1v) is 10.5. The molecule has 29 heavy (non-hydrogen) atoms. The zero-order chi connectivity index (χ0) is 21.2. The van der Waals surface area contributed by atoms with Crippen LogP contribution >= 0.6 is 0 Å². The number of amides is 3. The van der Waals surface area contributed by atoms with E-state index in [-0.39, 0.29) is 23.9 Å². The maximum atomic E-state index is 12.6. The number of nitrogens with zero attached hydrogens (tertiary/aromatic N) is 1. The summed E-state index contributed by atoms with van der Waals surface area (Å²) >= 11 is 0. The Bertz CT molecular complexity index is 665. The second-order valence-electron chi connectivity index (χ2n) is 7.97. The molecule has 2 rings (SSSR count). The van der Waals surface area contributed by atoms with E-state index >= 15 is 0 Å². The van der Waals surface area contributed by atoms with Crippen molar-refractivity contribution in [3.8, 4) is 0 Å². The number of benzene rings is 1. The molecule has 7 heteroatoms. The minimum Gasteiger partial charge on any atom is -0.356 e. The molecule has 4 N–H and O–H groups in total. The highest BCUT2D eigenvalue weighted by atomic mass is 16.2. The van der Waals surface area contributed by atoms with E-state index in [1.165, 1.54) is 11.1 Å². The van der Waals surface area contributed by atoms with Gasteiger partial charge in [0.25, 0.3) is 0 Å².